The smallest absolute Gasteiger partial charge is 0.0469 e. The van der Waals surface area contributed by atoms with Crippen molar-refractivity contribution < 1.29 is 4.74 Å². The fourth-order valence-corrected chi connectivity index (χ4v) is 2.68. The van der Waals surface area contributed by atoms with Crippen molar-refractivity contribution in [2.75, 3.05) is 33.4 Å². The molecule has 0 aromatic heterocycles. The van der Waals surface area contributed by atoms with Crippen LogP contribution in [0.1, 0.15) is 25.7 Å². The van der Waals surface area contributed by atoms with Crippen LogP contribution in [0.5, 0.6) is 0 Å². The summed E-state index contributed by atoms with van der Waals surface area (Å²) >= 11 is 0. The lowest BCUT2D eigenvalue weighted by molar-refractivity contribution is 0.0329. The van der Waals surface area contributed by atoms with E-state index in [9.17, 15) is 0 Å². The van der Waals surface area contributed by atoms with Crippen LogP contribution in [0.4, 0.5) is 0 Å². The Balaban J connectivity index is 1.82. The van der Waals surface area contributed by atoms with Crippen LogP contribution in [0.3, 0.4) is 0 Å². The molecule has 1 saturated heterocycles. The fourth-order valence-electron chi connectivity index (χ4n) is 2.68. The summed E-state index contributed by atoms with van der Waals surface area (Å²) < 4.78 is 5.41. The highest BCUT2D eigenvalue weighted by Gasteiger charge is 2.30. The molecule has 1 aliphatic heterocycles. The van der Waals surface area contributed by atoms with Crippen LogP contribution in [0.15, 0.2) is 0 Å². The van der Waals surface area contributed by atoms with Gasteiger partial charge in [-0.3, -0.25) is 0 Å². The van der Waals surface area contributed by atoms with Gasteiger partial charge in [0, 0.05) is 32.3 Å². The summed E-state index contributed by atoms with van der Waals surface area (Å²) in [5, 5.41) is 0. The van der Waals surface area contributed by atoms with Gasteiger partial charge in [-0.05, 0) is 44.6 Å². The van der Waals surface area contributed by atoms with E-state index in [0.29, 0.717) is 6.04 Å². The number of ether oxygens (including phenoxy) is 1. The van der Waals surface area contributed by atoms with Gasteiger partial charge in [-0.25, -0.2) is 0 Å². The van der Waals surface area contributed by atoms with E-state index >= 15 is 0 Å². The molecule has 0 radical (unpaired) electrons. The van der Waals surface area contributed by atoms with Crippen LogP contribution in [-0.2, 0) is 4.74 Å². The standard InChI is InChI=1S/C12H24N2O/c1-14(9-10-2-3-10)12(8-13)11-4-6-15-7-5-11/h10-12H,2-9,13H2,1H3. The predicted molar refractivity (Wildman–Crippen MR) is 61.7 cm³/mol. The summed E-state index contributed by atoms with van der Waals surface area (Å²) in [4.78, 5) is 2.49. The van der Waals surface area contributed by atoms with Crippen molar-refractivity contribution in [2.24, 2.45) is 17.6 Å². The first-order chi connectivity index (χ1) is 7.31. The number of rotatable bonds is 5. The van der Waals surface area contributed by atoms with Crippen molar-refractivity contribution in [1.82, 2.24) is 4.90 Å². The van der Waals surface area contributed by atoms with Gasteiger partial charge in [0.05, 0.1) is 0 Å². The highest BCUT2D eigenvalue weighted by molar-refractivity contribution is 4.84. The van der Waals surface area contributed by atoms with E-state index in [0.717, 1.165) is 31.6 Å². The third-order valence-electron chi connectivity index (χ3n) is 3.86. The molecule has 2 rings (SSSR count). The molecule has 1 aliphatic carbocycles. The Morgan fingerprint density at radius 2 is 1.93 bits per heavy atom. The maximum Gasteiger partial charge on any atom is 0.0469 e. The molecule has 1 saturated carbocycles. The summed E-state index contributed by atoms with van der Waals surface area (Å²) in [5.41, 5.74) is 5.92. The zero-order valence-corrected chi connectivity index (χ0v) is 9.82. The number of nitrogens with two attached hydrogens (primary N) is 1. The second-order valence-electron chi connectivity index (χ2n) is 5.14. The van der Waals surface area contributed by atoms with Gasteiger partial charge in [0.15, 0.2) is 0 Å². The van der Waals surface area contributed by atoms with Crippen molar-refractivity contribution in [3.8, 4) is 0 Å². The van der Waals surface area contributed by atoms with Crippen LogP contribution in [0.2, 0.25) is 0 Å². The first kappa shape index (κ1) is 11.4. The molecule has 3 heteroatoms. The van der Waals surface area contributed by atoms with E-state index in [4.69, 9.17) is 10.5 Å². The molecular formula is C12H24N2O. The van der Waals surface area contributed by atoms with Gasteiger partial charge in [0.2, 0.25) is 0 Å². The molecule has 0 spiro atoms. The summed E-state index contributed by atoms with van der Waals surface area (Å²) in [7, 11) is 2.24. The largest absolute Gasteiger partial charge is 0.381 e. The molecule has 0 aromatic rings. The maximum atomic E-state index is 5.92. The first-order valence-corrected chi connectivity index (χ1v) is 6.29. The van der Waals surface area contributed by atoms with Gasteiger partial charge in [-0.2, -0.15) is 0 Å². The molecule has 1 heterocycles. The Morgan fingerprint density at radius 1 is 1.27 bits per heavy atom. The van der Waals surface area contributed by atoms with Crippen molar-refractivity contribution >= 4 is 0 Å². The fraction of sp³-hybridized carbons (Fsp3) is 1.00. The zero-order valence-electron chi connectivity index (χ0n) is 9.82. The Hall–Kier alpha value is -0.120. The van der Waals surface area contributed by atoms with Gasteiger partial charge in [-0.15, -0.1) is 0 Å². The summed E-state index contributed by atoms with van der Waals surface area (Å²) in [6.07, 6.45) is 5.23. The zero-order chi connectivity index (χ0) is 10.7. The maximum absolute atomic E-state index is 5.92. The van der Waals surface area contributed by atoms with Crippen LogP contribution < -0.4 is 5.73 Å². The second-order valence-corrected chi connectivity index (χ2v) is 5.14. The van der Waals surface area contributed by atoms with Gasteiger partial charge < -0.3 is 15.4 Å². The Labute approximate surface area is 93.0 Å². The van der Waals surface area contributed by atoms with Gasteiger partial charge in [-0.1, -0.05) is 0 Å². The van der Waals surface area contributed by atoms with Crippen molar-refractivity contribution in [1.29, 1.82) is 0 Å². The third kappa shape index (κ3) is 3.16. The Bertz CT molecular complexity index is 188. The molecule has 1 atom stereocenters. The second kappa shape index (κ2) is 5.28. The van der Waals surface area contributed by atoms with Crippen LogP contribution in [0.25, 0.3) is 0 Å². The summed E-state index contributed by atoms with van der Waals surface area (Å²) in [5.74, 6) is 1.72. The topological polar surface area (TPSA) is 38.5 Å². The minimum atomic E-state index is 0.578. The number of hydrogen-bond acceptors (Lipinski definition) is 3. The van der Waals surface area contributed by atoms with E-state index in [1.54, 1.807) is 0 Å². The van der Waals surface area contributed by atoms with Gasteiger partial charge in [0.1, 0.15) is 0 Å². The predicted octanol–water partition coefficient (Wildman–Crippen LogP) is 1.08. The van der Waals surface area contributed by atoms with E-state index in [-0.39, 0.29) is 0 Å². The van der Waals surface area contributed by atoms with Crippen LogP contribution in [0, 0.1) is 11.8 Å². The molecule has 88 valence electrons. The lowest BCUT2D eigenvalue weighted by atomic mass is 9.90. The molecule has 0 bridgehead atoms. The quantitative estimate of drug-likeness (QED) is 0.741. The molecule has 2 fully saturated rings. The number of hydrogen-bond donors (Lipinski definition) is 1. The highest BCUT2D eigenvalue weighted by atomic mass is 16.5. The highest BCUT2D eigenvalue weighted by Crippen LogP contribution is 2.31. The molecule has 0 aromatic carbocycles. The van der Waals surface area contributed by atoms with Gasteiger partial charge >= 0.3 is 0 Å². The van der Waals surface area contributed by atoms with Crippen molar-refractivity contribution in [2.45, 2.75) is 31.7 Å². The average molecular weight is 212 g/mol. The molecule has 2 N–H and O–H groups in total. The Morgan fingerprint density at radius 3 is 2.47 bits per heavy atom. The third-order valence-corrected chi connectivity index (χ3v) is 3.86. The summed E-state index contributed by atoms with van der Waals surface area (Å²) in [6, 6.07) is 0.578. The SMILES string of the molecule is CN(CC1CC1)C(CN)C1CCOCC1. The van der Waals surface area contributed by atoms with Crippen molar-refractivity contribution in [3.63, 3.8) is 0 Å². The average Bonchev–Trinajstić information content (AvgIpc) is 3.04. The van der Waals surface area contributed by atoms with E-state index in [1.807, 2.05) is 0 Å². The van der Waals surface area contributed by atoms with Crippen LogP contribution >= 0.6 is 0 Å². The molecule has 3 nitrogen and oxygen atoms in total. The molecule has 15 heavy (non-hydrogen) atoms. The van der Waals surface area contributed by atoms with Gasteiger partial charge in [0.25, 0.3) is 0 Å². The normalized spacial score (nSPS) is 25.8. The molecule has 2 aliphatic rings. The van der Waals surface area contributed by atoms with Crippen LogP contribution in [-0.4, -0.2) is 44.3 Å². The van der Waals surface area contributed by atoms with E-state index in [2.05, 4.69) is 11.9 Å². The Kier molecular flexibility index (Phi) is 4.00. The number of nitrogens with zero attached hydrogens (tertiary/aromatic N) is 1. The minimum absolute atomic E-state index is 0.578. The first-order valence-electron chi connectivity index (χ1n) is 6.29. The monoisotopic (exact) mass is 212 g/mol. The number of likely N-dealkylation sites (N-methyl/N-ethyl adjacent to an activating group) is 1. The van der Waals surface area contributed by atoms with E-state index in [1.165, 1.54) is 32.2 Å². The van der Waals surface area contributed by atoms with Crippen molar-refractivity contribution in [3.05, 3.63) is 0 Å². The minimum Gasteiger partial charge on any atom is -0.381 e. The molecular weight excluding hydrogens is 188 g/mol. The lowest BCUT2D eigenvalue weighted by Crippen LogP contribution is -2.46. The molecule has 1 unspecified atom stereocenters. The van der Waals surface area contributed by atoms with E-state index < -0.39 is 0 Å². The molecule has 0 amide bonds. The summed E-state index contributed by atoms with van der Waals surface area (Å²) in [6.45, 7) is 3.91. The lowest BCUT2D eigenvalue weighted by Gasteiger charge is -2.36.